The van der Waals surface area contributed by atoms with Crippen molar-refractivity contribution in [2.24, 2.45) is 5.73 Å². The molecular weight excluding hydrogens is 429 g/mol. The van der Waals surface area contributed by atoms with Crippen LogP contribution in [0.3, 0.4) is 0 Å². The van der Waals surface area contributed by atoms with Crippen molar-refractivity contribution in [3.05, 3.63) is 101 Å². The van der Waals surface area contributed by atoms with E-state index < -0.39 is 17.8 Å². The minimum Gasteiger partial charge on any atom is -0.371 e. The first kappa shape index (κ1) is 23.6. The topological polar surface area (TPSA) is 75.4 Å². The first-order valence-corrected chi connectivity index (χ1v) is 11.7. The Labute approximate surface area is 199 Å². The van der Waals surface area contributed by atoms with E-state index in [0.717, 1.165) is 42.7 Å². The van der Waals surface area contributed by atoms with Gasteiger partial charge in [-0.2, -0.15) is 0 Å². The molecule has 0 saturated carbocycles. The number of hydrogen-bond acceptors (Lipinski definition) is 4. The van der Waals surface area contributed by atoms with E-state index in [-0.39, 0.29) is 23.8 Å². The number of piperidine rings is 1. The lowest BCUT2D eigenvalue weighted by Crippen LogP contribution is -2.44. The number of nitrogens with zero attached hydrogens (tertiary/aromatic N) is 1. The summed E-state index contributed by atoms with van der Waals surface area (Å²) in [4.78, 5) is 28.6. The molecule has 1 amide bonds. The number of halogens is 1. The average Bonchev–Trinajstić information content (AvgIpc) is 2.85. The van der Waals surface area contributed by atoms with Gasteiger partial charge in [0.15, 0.2) is 5.78 Å². The molecule has 0 spiro atoms. The molecule has 1 saturated heterocycles. The number of ketones is 1. The third kappa shape index (κ3) is 5.88. The monoisotopic (exact) mass is 459 g/mol. The molecule has 5 nitrogen and oxygen atoms in total. The standard InChI is InChI=1S/C28H30FN3O2/c29-24-12-6-5-11-23(24)28(34)31-25(18-20-8-2-1-3-9-20)27(33)19-21-10-4-7-13-26(21)32-16-14-22(30)15-17-32/h1-13,22,25H,14-19,30H2,(H,31,34). The van der Waals surface area contributed by atoms with Gasteiger partial charge in [0.25, 0.3) is 5.91 Å². The van der Waals surface area contributed by atoms with Crippen LogP contribution in [-0.2, 0) is 17.6 Å². The molecule has 34 heavy (non-hydrogen) atoms. The van der Waals surface area contributed by atoms with E-state index in [9.17, 15) is 14.0 Å². The predicted molar refractivity (Wildman–Crippen MR) is 132 cm³/mol. The Morgan fingerprint density at radius 2 is 1.59 bits per heavy atom. The molecule has 1 unspecified atom stereocenters. The van der Waals surface area contributed by atoms with Gasteiger partial charge >= 0.3 is 0 Å². The van der Waals surface area contributed by atoms with Crippen molar-refractivity contribution in [1.82, 2.24) is 5.32 Å². The van der Waals surface area contributed by atoms with Crippen molar-refractivity contribution in [2.75, 3.05) is 18.0 Å². The molecule has 0 aromatic heterocycles. The van der Waals surface area contributed by atoms with Crippen molar-refractivity contribution in [3.8, 4) is 0 Å². The van der Waals surface area contributed by atoms with Crippen LogP contribution >= 0.6 is 0 Å². The molecule has 1 aliphatic heterocycles. The minimum atomic E-state index is -0.780. The maximum absolute atomic E-state index is 14.2. The van der Waals surface area contributed by atoms with Gasteiger partial charge in [-0.05, 0) is 48.6 Å². The van der Waals surface area contributed by atoms with Crippen LogP contribution in [0, 0.1) is 5.82 Å². The highest BCUT2D eigenvalue weighted by atomic mass is 19.1. The SMILES string of the molecule is NC1CCN(c2ccccc2CC(=O)C(Cc2ccccc2)NC(=O)c2ccccc2F)CC1. The highest BCUT2D eigenvalue weighted by Gasteiger charge is 2.25. The molecule has 1 atom stereocenters. The molecule has 3 N–H and O–H groups in total. The number of hydrogen-bond donors (Lipinski definition) is 2. The zero-order valence-electron chi connectivity index (χ0n) is 19.1. The molecule has 1 aliphatic rings. The van der Waals surface area contributed by atoms with E-state index in [1.807, 2.05) is 54.6 Å². The van der Waals surface area contributed by atoms with Crippen LogP contribution < -0.4 is 16.0 Å². The number of anilines is 1. The molecule has 1 heterocycles. The molecule has 4 rings (SSSR count). The lowest BCUT2D eigenvalue weighted by atomic mass is 9.95. The zero-order chi connectivity index (χ0) is 23.9. The maximum atomic E-state index is 14.2. The number of nitrogens with two attached hydrogens (primary N) is 1. The predicted octanol–water partition coefficient (Wildman–Crippen LogP) is 3.91. The van der Waals surface area contributed by atoms with Gasteiger partial charge < -0.3 is 16.0 Å². The molecule has 0 bridgehead atoms. The molecule has 6 heteroatoms. The largest absolute Gasteiger partial charge is 0.371 e. The van der Waals surface area contributed by atoms with Crippen LogP contribution in [0.25, 0.3) is 0 Å². The van der Waals surface area contributed by atoms with Crippen LogP contribution in [0.1, 0.15) is 34.3 Å². The fourth-order valence-corrected chi connectivity index (χ4v) is 4.40. The lowest BCUT2D eigenvalue weighted by molar-refractivity contribution is -0.120. The quantitative estimate of drug-likeness (QED) is 0.536. The van der Waals surface area contributed by atoms with Crippen molar-refractivity contribution in [1.29, 1.82) is 0 Å². The second-order valence-electron chi connectivity index (χ2n) is 8.79. The average molecular weight is 460 g/mol. The van der Waals surface area contributed by atoms with E-state index in [0.29, 0.717) is 6.42 Å². The van der Waals surface area contributed by atoms with Gasteiger partial charge in [-0.3, -0.25) is 9.59 Å². The smallest absolute Gasteiger partial charge is 0.254 e. The van der Waals surface area contributed by atoms with Crippen LogP contribution in [0.2, 0.25) is 0 Å². The van der Waals surface area contributed by atoms with Gasteiger partial charge in [0, 0.05) is 31.2 Å². The molecule has 1 fully saturated rings. The Balaban J connectivity index is 1.55. The van der Waals surface area contributed by atoms with Gasteiger partial charge in [0.2, 0.25) is 0 Å². The maximum Gasteiger partial charge on any atom is 0.254 e. The number of rotatable bonds is 8. The van der Waals surface area contributed by atoms with Gasteiger partial charge in [0.1, 0.15) is 5.82 Å². The van der Waals surface area contributed by atoms with E-state index in [1.165, 1.54) is 18.2 Å². The summed E-state index contributed by atoms with van der Waals surface area (Å²) in [5, 5.41) is 2.79. The Hall–Kier alpha value is -3.51. The fraction of sp³-hybridized carbons (Fsp3) is 0.286. The minimum absolute atomic E-state index is 0.0709. The van der Waals surface area contributed by atoms with E-state index in [1.54, 1.807) is 6.07 Å². The Kier molecular flexibility index (Phi) is 7.70. The van der Waals surface area contributed by atoms with Crippen molar-refractivity contribution < 1.29 is 14.0 Å². The summed E-state index contributed by atoms with van der Waals surface area (Å²) in [6, 6.07) is 22.6. The number of nitrogens with one attached hydrogen (secondary N) is 1. The van der Waals surface area contributed by atoms with Crippen LogP contribution in [0.5, 0.6) is 0 Å². The number of para-hydroxylation sites is 1. The summed E-state index contributed by atoms with van der Waals surface area (Å²) in [7, 11) is 0. The molecule has 3 aromatic rings. The summed E-state index contributed by atoms with van der Waals surface area (Å²) >= 11 is 0. The van der Waals surface area contributed by atoms with Crippen molar-refractivity contribution in [2.45, 2.75) is 37.8 Å². The molecular formula is C28H30FN3O2. The Bertz CT molecular complexity index is 1130. The first-order chi connectivity index (χ1) is 16.5. The Morgan fingerprint density at radius 1 is 0.941 bits per heavy atom. The Morgan fingerprint density at radius 3 is 2.32 bits per heavy atom. The zero-order valence-corrected chi connectivity index (χ0v) is 19.1. The van der Waals surface area contributed by atoms with Crippen LogP contribution in [-0.4, -0.2) is 36.9 Å². The number of Topliss-reactive ketones (excluding diaryl/α,β-unsaturated/α-hetero) is 1. The summed E-state index contributed by atoms with van der Waals surface area (Å²) in [6.07, 6.45) is 2.34. The van der Waals surface area contributed by atoms with Gasteiger partial charge in [-0.15, -0.1) is 0 Å². The highest BCUT2D eigenvalue weighted by Crippen LogP contribution is 2.25. The van der Waals surface area contributed by atoms with Crippen molar-refractivity contribution >= 4 is 17.4 Å². The van der Waals surface area contributed by atoms with Gasteiger partial charge in [-0.25, -0.2) is 4.39 Å². The van der Waals surface area contributed by atoms with E-state index in [4.69, 9.17) is 5.73 Å². The molecule has 176 valence electrons. The molecule has 3 aromatic carbocycles. The van der Waals surface area contributed by atoms with Gasteiger partial charge in [-0.1, -0.05) is 60.7 Å². The fourth-order valence-electron chi connectivity index (χ4n) is 4.40. The normalized spacial score (nSPS) is 15.1. The number of carbonyl (C=O) groups is 2. The first-order valence-electron chi connectivity index (χ1n) is 11.7. The summed E-state index contributed by atoms with van der Waals surface area (Å²) < 4.78 is 14.2. The lowest BCUT2D eigenvalue weighted by Gasteiger charge is -2.33. The third-order valence-corrected chi connectivity index (χ3v) is 6.33. The highest BCUT2D eigenvalue weighted by molar-refractivity contribution is 5.98. The summed E-state index contributed by atoms with van der Waals surface area (Å²) in [5.74, 6) is -1.32. The van der Waals surface area contributed by atoms with Crippen LogP contribution in [0.4, 0.5) is 10.1 Å². The third-order valence-electron chi connectivity index (χ3n) is 6.33. The summed E-state index contributed by atoms with van der Waals surface area (Å²) in [6.45, 7) is 1.70. The van der Waals surface area contributed by atoms with Crippen LogP contribution in [0.15, 0.2) is 78.9 Å². The second-order valence-corrected chi connectivity index (χ2v) is 8.79. The van der Waals surface area contributed by atoms with E-state index >= 15 is 0 Å². The second kappa shape index (κ2) is 11.1. The number of benzene rings is 3. The summed E-state index contributed by atoms with van der Waals surface area (Å²) in [5.41, 5.74) is 8.86. The van der Waals surface area contributed by atoms with Crippen molar-refractivity contribution in [3.63, 3.8) is 0 Å². The van der Waals surface area contributed by atoms with Gasteiger partial charge in [0.05, 0.1) is 11.6 Å². The molecule has 0 radical (unpaired) electrons. The number of amides is 1. The molecule has 0 aliphatic carbocycles. The number of carbonyl (C=O) groups excluding carboxylic acids is 2. The van der Waals surface area contributed by atoms with E-state index in [2.05, 4.69) is 10.2 Å².